The van der Waals surface area contributed by atoms with Crippen LogP contribution in [-0.2, 0) is 0 Å². The number of aromatic amines is 1. The van der Waals surface area contributed by atoms with Crippen LogP contribution in [0.2, 0.25) is 5.15 Å². The molecule has 1 saturated carbocycles. The zero-order valence-corrected chi connectivity index (χ0v) is 9.41. The first-order valence-corrected chi connectivity index (χ1v) is 5.34. The van der Waals surface area contributed by atoms with Gasteiger partial charge in [-0.1, -0.05) is 23.8 Å². The molecule has 76 valence electrons. The summed E-state index contributed by atoms with van der Waals surface area (Å²) in [6, 6.07) is 0. The fraction of sp³-hybridized carbons (Fsp3) is 0.556. The molecule has 1 N–H and O–H groups in total. The highest BCUT2D eigenvalue weighted by atomic mass is 35.5. The zero-order chi connectivity index (χ0) is 10.1. The quantitative estimate of drug-likeness (QED) is 0.641. The summed E-state index contributed by atoms with van der Waals surface area (Å²) in [6.45, 7) is 2.51. The molecule has 0 atom stereocenters. The van der Waals surface area contributed by atoms with Crippen LogP contribution in [-0.4, -0.2) is 16.6 Å². The summed E-state index contributed by atoms with van der Waals surface area (Å²) < 4.78 is 5.95. The van der Waals surface area contributed by atoms with Gasteiger partial charge in [0.2, 0.25) is 0 Å². The van der Waals surface area contributed by atoms with E-state index in [1.165, 1.54) is 12.8 Å². The van der Waals surface area contributed by atoms with Crippen molar-refractivity contribution in [1.82, 2.24) is 9.97 Å². The molecule has 0 radical (unpaired) electrons. The Morgan fingerprint density at radius 1 is 1.64 bits per heavy atom. The second-order valence-corrected chi connectivity index (χ2v) is 4.29. The average molecular weight is 231 g/mol. The fourth-order valence-corrected chi connectivity index (χ4v) is 1.79. The molecule has 0 aliphatic heterocycles. The molecule has 1 fully saturated rings. The molecule has 14 heavy (non-hydrogen) atoms. The van der Waals surface area contributed by atoms with Gasteiger partial charge in [-0.15, -0.1) is 0 Å². The van der Waals surface area contributed by atoms with E-state index in [0.29, 0.717) is 33.9 Å². The molecule has 0 unspecified atom stereocenters. The van der Waals surface area contributed by atoms with Gasteiger partial charge in [-0.2, -0.15) is 0 Å². The molecule has 3 nitrogen and oxygen atoms in total. The van der Waals surface area contributed by atoms with Crippen LogP contribution in [0.4, 0.5) is 0 Å². The lowest BCUT2D eigenvalue weighted by molar-refractivity contribution is 0.296. The van der Waals surface area contributed by atoms with E-state index in [2.05, 4.69) is 9.97 Å². The Kier molecular flexibility index (Phi) is 2.74. The molecular formula is C9H11ClN2OS. The van der Waals surface area contributed by atoms with Crippen LogP contribution >= 0.6 is 23.8 Å². The largest absolute Gasteiger partial charge is 0.487 e. The van der Waals surface area contributed by atoms with Crippen LogP contribution in [0.25, 0.3) is 0 Å². The maximum absolute atomic E-state index is 5.95. The summed E-state index contributed by atoms with van der Waals surface area (Å²) >= 11 is 11.0. The minimum absolute atomic E-state index is 0.437. The third kappa shape index (κ3) is 2.25. The van der Waals surface area contributed by atoms with E-state index < -0.39 is 0 Å². The minimum Gasteiger partial charge on any atom is -0.487 e. The smallest absolute Gasteiger partial charge is 0.191 e. The van der Waals surface area contributed by atoms with Crippen LogP contribution in [0.1, 0.15) is 18.7 Å². The topological polar surface area (TPSA) is 37.9 Å². The Balaban J connectivity index is 2.18. The number of rotatable bonds is 3. The minimum atomic E-state index is 0.437. The number of ether oxygens (including phenoxy) is 1. The molecule has 0 aromatic carbocycles. The van der Waals surface area contributed by atoms with Crippen molar-refractivity contribution in [2.75, 3.05) is 6.61 Å². The second-order valence-electron chi connectivity index (χ2n) is 3.52. The number of hydrogen-bond acceptors (Lipinski definition) is 3. The summed E-state index contributed by atoms with van der Waals surface area (Å²) in [5.74, 6) is 1.90. The normalized spacial score (nSPS) is 15.6. The highest BCUT2D eigenvalue weighted by molar-refractivity contribution is 7.71. The lowest BCUT2D eigenvalue weighted by Gasteiger charge is -2.07. The highest BCUT2D eigenvalue weighted by Crippen LogP contribution is 2.31. The first kappa shape index (κ1) is 9.93. The van der Waals surface area contributed by atoms with E-state index in [4.69, 9.17) is 28.6 Å². The van der Waals surface area contributed by atoms with Crippen LogP contribution < -0.4 is 4.74 Å². The van der Waals surface area contributed by atoms with Crippen molar-refractivity contribution in [2.24, 2.45) is 5.92 Å². The van der Waals surface area contributed by atoms with Gasteiger partial charge in [-0.3, -0.25) is 0 Å². The first-order chi connectivity index (χ1) is 6.66. The lowest BCUT2D eigenvalue weighted by atomic mass is 10.4. The average Bonchev–Trinajstić information content (AvgIpc) is 2.85. The summed E-state index contributed by atoms with van der Waals surface area (Å²) in [4.78, 5) is 6.97. The van der Waals surface area contributed by atoms with Crippen molar-refractivity contribution >= 4 is 23.8 Å². The van der Waals surface area contributed by atoms with E-state index in [0.717, 1.165) is 0 Å². The van der Waals surface area contributed by atoms with Crippen molar-refractivity contribution in [3.8, 4) is 5.75 Å². The number of halogens is 1. The highest BCUT2D eigenvalue weighted by Gasteiger charge is 2.22. The molecule has 1 aliphatic rings. The van der Waals surface area contributed by atoms with E-state index in [9.17, 15) is 0 Å². The van der Waals surface area contributed by atoms with E-state index in [1.807, 2.05) is 6.92 Å². The summed E-state index contributed by atoms with van der Waals surface area (Å²) in [5.41, 5.74) is 0. The number of nitrogens with one attached hydrogen (secondary N) is 1. The predicted octanol–water partition coefficient (Wildman–Crippen LogP) is 2.89. The lowest BCUT2D eigenvalue weighted by Crippen LogP contribution is -2.02. The van der Waals surface area contributed by atoms with Gasteiger partial charge in [-0.05, 0) is 25.7 Å². The molecule has 1 aromatic rings. The van der Waals surface area contributed by atoms with E-state index in [-0.39, 0.29) is 0 Å². The molecule has 0 saturated heterocycles. The second kappa shape index (κ2) is 3.87. The van der Waals surface area contributed by atoms with Crippen LogP contribution in [0, 0.1) is 17.5 Å². The molecule has 1 aliphatic carbocycles. The molecule has 0 bridgehead atoms. The Hall–Kier alpha value is -0.610. The van der Waals surface area contributed by atoms with Gasteiger partial charge in [-0.25, -0.2) is 4.98 Å². The number of aromatic nitrogens is 2. The molecule has 5 heteroatoms. The molecule has 1 aromatic heterocycles. The Labute approximate surface area is 92.5 Å². The van der Waals surface area contributed by atoms with Gasteiger partial charge in [0, 0.05) is 0 Å². The van der Waals surface area contributed by atoms with Crippen molar-refractivity contribution in [3.63, 3.8) is 0 Å². The third-order valence-corrected chi connectivity index (χ3v) is 2.66. The molecule has 1 heterocycles. The number of H-pyrrole nitrogens is 1. The van der Waals surface area contributed by atoms with Gasteiger partial charge in [0.25, 0.3) is 0 Å². The molecule has 2 rings (SSSR count). The maximum atomic E-state index is 5.95. The fourth-order valence-electron chi connectivity index (χ4n) is 1.15. The van der Waals surface area contributed by atoms with Gasteiger partial charge < -0.3 is 9.72 Å². The monoisotopic (exact) mass is 230 g/mol. The maximum Gasteiger partial charge on any atom is 0.191 e. The standard InChI is InChI=1S/C9H11ClN2OS/c1-5-11-8(10)7(9(14)12-5)13-4-6-2-3-6/h6H,2-4H2,1H3,(H,11,12,14). The molecular weight excluding hydrogens is 220 g/mol. The van der Waals surface area contributed by atoms with E-state index >= 15 is 0 Å². The van der Waals surface area contributed by atoms with Crippen molar-refractivity contribution in [3.05, 3.63) is 15.6 Å². The van der Waals surface area contributed by atoms with Crippen molar-refractivity contribution < 1.29 is 4.74 Å². The van der Waals surface area contributed by atoms with Crippen LogP contribution in [0.3, 0.4) is 0 Å². The predicted molar refractivity (Wildman–Crippen MR) is 57.4 cm³/mol. The number of nitrogens with zero attached hydrogens (tertiary/aromatic N) is 1. The molecule has 0 amide bonds. The Morgan fingerprint density at radius 2 is 2.36 bits per heavy atom. The van der Waals surface area contributed by atoms with Gasteiger partial charge in [0.1, 0.15) is 5.82 Å². The van der Waals surface area contributed by atoms with Gasteiger partial charge >= 0.3 is 0 Å². The first-order valence-electron chi connectivity index (χ1n) is 4.56. The van der Waals surface area contributed by atoms with Crippen LogP contribution in [0.15, 0.2) is 0 Å². The Bertz CT molecular complexity index is 400. The number of aryl methyl sites for hydroxylation is 1. The number of hydrogen-bond donors (Lipinski definition) is 1. The summed E-state index contributed by atoms with van der Waals surface area (Å²) in [7, 11) is 0. The third-order valence-electron chi connectivity index (χ3n) is 2.11. The van der Waals surface area contributed by atoms with Gasteiger partial charge in [0.05, 0.1) is 6.61 Å². The van der Waals surface area contributed by atoms with E-state index in [1.54, 1.807) is 0 Å². The SMILES string of the molecule is Cc1nc(=S)c(OCC2CC2)c(Cl)[nH]1. The van der Waals surface area contributed by atoms with Crippen molar-refractivity contribution in [2.45, 2.75) is 19.8 Å². The Morgan fingerprint density at radius 3 is 2.93 bits per heavy atom. The summed E-state index contributed by atoms with van der Waals surface area (Å²) in [5, 5.41) is 0.447. The van der Waals surface area contributed by atoms with Gasteiger partial charge in [0.15, 0.2) is 15.5 Å². The molecule has 0 spiro atoms. The van der Waals surface area contributed by atoms with Crippen molar-refractivity contribution in [1.29, 1.82) is 0 Å². The summed E-state index contributed by atoms with van der Waals surface area (Å²) in [6.07, 6.45) is 2.49. The zero-order valence-electron chi connectivity index (χ0n) is 7.84. The van der Waals surface area contributed by atoms with Crippen LogP contribution in [0.5, 0.6) is 5.75 Å².